The average Bonchev–Trinajstić information content (AvgIpc) is 2.45. The van der Waals surface area contributed by atoms with Crippen LogP contribution in [0.15, 0.2) is 12.3 Å². The van der Waals surface area contributed by atoms with Gasteiger partial charge in [-0.05, 0) is 45.6 Å². The molecule has 1 aromatic heterocycles. The molecule has 0 radical (unpaired) electrons. The first-order valence-electron chi connectivity index (χ1n) is 7.76. The lowest BCUT2D eigenvalue weighted by Gasteiger charge is -2.39. The number of nitrogens with zero attached hydrogens (tertiary/aromatic N) is 2. The number of pyridine rings is 1. The Hall–Kier alpha value is -1.29. The zero-order chi connectivity index (χ0) is 15.4. The van der Waals surface area contributed by atoms with Crippen LogP contribution in [0.3, 0.4) is 0 Å². The summed E-state index contributed by atoms with van der Waals surface area (Å²) in [6, 6.07) is 2.28. The normalized spacial score (nSPS) is 22.2. The zero-order valence-corrected chi connectivity index (χ0v) is 13.8. The minimum absolute atomic E-state index is 0.0335. The molecule has 0 aliphatic carbocycles. The lowest BCUT2D eigenvalue weighted by Crippen LogP contribution is -2.47. The molecule has 0 spiro atoms. The van der Waals surface area contributed by atoms with Crippen LogP contribution in [0.1, 0.15) is 56.8 Å². The third-order valence-electron chi connectivity index (χ3n) is 4.06. The van der Waals surface area contributed by atoms with Gasteiger partial charge in [0.2, 0.25) is 0 Å². The van der Waals surface area contributed by atoms with E-state index >= 15 is 0 Å². The predicted octanol–water partition coefficient (Wildman–Crippen LogP) is 3.96. The van der Waals surface area contributed by atoms with Crippen molar-refractivity contribution < 1.29 is 4.79 Å². The molecular weight excluding hydrogens is 286 g/mol. The predicted molar refractivity (Wildman–Crippen MR) is 87.0 cm³/mol. The van der Waals surface area contributed by atoms with Crippen molar-refractivity contribution in [3.05, 3.63) is 22.8 Å². The van der Waals surface area contributed by atoms with Crippen molar-refractivity contribution in [1.82, 2.24) is 9.88 Å². The minimum Gasteiger partial charge on any atom is -0.369 e. The molecule has 21 heavy (non-hydrogen) atoms. The Kier molecular flexibility index (Phi) is 5.45. The van der Waals surface area contributed by atoms with Gasteiger partial charge in [-0.25, -0.2) is 4.98 Å². The zero-order valence-electron chi connectivity index (χ0n) is 13.0. The molecule has 1 aliphatic rings. The van der Waals surface area contributed by atoms with Gasteiger partial charge in [-0.15, -0.1) is 0 Å². The molecule has 2 heterocycles. The van der Waals surface area contributed by atoms with E-state index in [2.05, 4.69) is 31.1 Å². The maximum absolute atomic E-state index is 12.7. The van der Waals surface area contributed by atoms with Gasteiger partial charge in [-0.1, -0.05) is 18.5 Å². The minimum atomic E-state index is 0.0335. The summed E-state index contributed by atoms with van der Waals surface area (Å²) >= 11 is 6.23. The monoisotopic (exact) mass is 309 g/mol. The first kappa shape index (κ1) is 16.1. The number of carbonyl (C=O) groups excluding carboxylic acids is 1. The molecule has 2 atom stereocenters. The Bertz CT molecular complexity index is 496. The van der Waals surface area contributed by atoms with Crippen LogP contribution in [0.25, 0.3) is 0 Å². The Balaban J connectivity index is 2.17. The van der Waals surface area contributed by atoms with E-state index in [1.165, 1.54) is 6.42 Å². The quantitative estimate of drug-likeness (QED) is 0.915. The van der Waals surface area contributed by atoms with Crippen LogP contribution >= 0.6 is 11.6 Å². The van der Waals surface area contributed by atoms with Crippen LogP contribution in [0.5, 0.6) is 0 Å². The van der Waals surface area contributed by atoms with E-state index in [1.54, 1.807) is 12.3 Å². The first-order valence-corrected chi connectivity index (χ1v) is 8.14. The number of carbonyl (C=O) groups is 1. The number of hydrogen-bond donors (Lipinski definition) is 1. The number of likely N-dealkylation sites (tertiary alicyclic amines) is 1. The summed E-state index contributed by atoms with van der Waals surface area (Å²) < 4.78 is 0. The number of hydrogen-bond acceptors (Lipinski definition) is 3. The molecular formula is C16H24ClN3O. The summed E-state index contributed by atoms with van der Waals surface area (Å²) in [6.45, 7) is 7.12. The van der Waals surface area contributed by atoms with Crippen molar-refractivity contribution in [1.29, 1.82) is 0 Å². The van der Waals surface area contributed by atoms with Gasteiger partial charge in [0.25, 0.3) is 5.91 Å². The Morgan fingerprint density at radius 3 is 2.67 bits per heavy atom. The summed E-state index contributed by atoms with van der Waals surface area (Å²) in [5.74, 6) is 0.681. The number of amides is 1. The SMILES string of the molecule is CCCNc1ncc(C(=O)N2[C@H](C)CCC[C@@H]2C)cc1Cl. The molecule has 116 valence electrons. The molecule has 0 bridgehead atoms. The molecule has 1 fully saturated rings. The number of halogens is 1. The molecule has 0 aromatic carbocycles. The van der Waals surface area contributed by atoms with E-state index in [-0.39, 0.29) is 18.0 Å². The van der Waals surface area contributed by atoms with Crippen molar-refractivity contribution in [3.63, 3.8) is 0 Å². The number of nitrogens with one attached hydrogen (secondary N) is 1. The van der Waals surface area contributed by atoms with Crippen molar-refractivity contribution in [2.45, 2.75) is 58.5 Å². The molecule has 1 saturated heterocycles. The van der Waals surface area contributed by atoms with Crippen molar-refractivity contribution in [2.75, 3.05) is 11.9 Å². The molecule has 1 N–H and O–H groups in total. The highest BCUT2D eigenvalue weighted by Crippen LogP contribution is 2.26. The van der Waals surface area contributed by atoms with Gasteiger partial charge in [-0.3, -0.25) is 4.79 Å². The number of rotatable bonds is 4. The van der Waals surface area contributed by atoms with Crippen molar-refractivity contribution in [2.24, 2.45) is 0 Å². The van der Waals surface area contributed by atoms with E-state index in [9.17, 15) is 4.79 Å². The van der Waals surface area contributed by atoms with Gasteiger partial charge in [0.15, 0.2) is 0 Å². The van der Waals surface area contributed by atoms with Gasteiger partial charge in [0.05, 0.1) is 10.6 Å². The largest absolute Gasteiger partial charge is 0.369 e. The highest BCUT2D eigenvalue weighted by molar-refractivity contribution is 6.33. The molecule has 0 saturated carbocycles. The molecule has 1 aromatic rings. The van der Waals surface area contributed by atoms with E-state index in [1.807, 2.05) is 4.90 Å². The van der Waals surface area contributed by atoms with Gasteiger partial charge in [0.1, 0.15) is 5.82 Å². The Morgan fingerprint density at radius 2 is 2.10 bits per heavy atom. The van der Waals surface area contributed by atoms with Crippen LogP contribution in [-0.2, 0) is 0 Å². The third kappa shape index (κ3) is 3.67. The fourth-order valence-electron chi connectivity index (χ4n) is 2.90. The fraction of sp³-hybridized carbons (Fsp3) is 0.625. The second kappa shape index (κ2) is 7.12. The maximum Gasteiger partial charge on any atom is 0.255 e. The van der Waals surface area contributed by atoms with E-state index in [0.29, 0.717) is 16.4 Å². The number of anilines is 1. The summed E-state index contributed by atoms with van der Waals surface area (Å²) in [5, 5.41) is 3.66. The second-order valence-electron chi connectivity index (χ2n) is 5.82. The van der Waals surface area contributed by atoms with E-state index in [0.717, 1.165) is 25.8 Å². The Morgan fingerprint density at radius 1 is 1.43 bits per heavy atom. The standard InChI is InChI=1S/C16H24ClN3O/c1-4-8-18-15-14(17)9-13(10-19-15)16(21)20-11(2)6-5-7-12(20)3/h9-12H,4-8H2,1-3H3,(H,18,19)/t11-,12+. The lowest BCUT2D eigenvalue weighted by atomic mass is 9.96. The molecule has 1 aliphatic heterocycles. The summed E-state index contributed by atoms with van der Waals surface area (Å²) in [4.78, 5) is 19.0. The van der Waals surface area contributed by atoms with E-state index < -0.39 is 0 Å². The second-order valence-corrected chi connectivity index (χ2v) is 6.23. The molecule has 0 unspecified atom stereocenters. The van der Waals surface area contributed by atoms with Gasteiger partial charge >= 0.3 is 0 Å². The molecule has 5 heteroatoms. The lowest BCUT2D eigenvalue weighted by molar-refractivity contribution is 0.0510. The van der Waals surface area contributed by atoms with E-state index in [4.69, 9.17) is 11.6 Å². The van der Waals surface area contributed by atoms with Crippen LogP contribution in [0, 0.1) is 0 Å². The molecule has 4 nitrogen and oxygen atoms in total. The van der Waals surface area contributed by atoms with Gasteiger partial charge in [-0.2, -0.15) is 0 Å². The van der Waals surface area contributed by atoms with Gasteiger partial charge < -0.3 is 10.2 Å². The average molecular weight is 310 g/mol. The van der Waals surface area contributed by atoms with Crippen LogP contribution in [-0.4, -0.2) is 34.4 Å². The van der Waals surface area contributed by atoms with Crippen LogP contribution in [0.2, 0.25) is 5.02 Å². The highest BCUT2D eigenvalue weighted by Gasteiger charge is 2.30. The Labute approximate surface area is 131 Å². The summed E-state index contributed by atoms with van der Waals surface area (Å²) in [6.07, 6.45) is 5.94. The summed E-state index contributed by atoms with van der Waals surface area (Å²) in [5.41, 5.74) is 0.572. The number of aromatic nitrogens is 1. The fourth-order valence-corrected chi connectivity index (χ4v) is 3.13. The summed E-state index contributed by atoms with van der Waals surface area (Å²) in [7, 11) is 0. The van der Waals surface area contributed by atoms with Crippen molar-refractivity contribution in [3.8, 4) is 0 Å². The van der Waals surface area contributed by atoms with Crippen molar-refractivity contribution >= 4 is 23.3 Å². The maximum atomic E-state index is 12.7. The first-order chi connectivity index (χ1) is 10.0. The highest BCUT2D eigenvalue weighted by atomic mass is 35.5. The topological polar surface area (TPSA) is 45.2 Å². The third-order valence-corrected chi connectivity index (χ3v) is 4.35. The molecule has 2 rings (SSSR count). The molecule has 1 amide bonds. The van der Waals surface area contributed by atoms with Gasteiger partial charge in [0, 0.05) is 24.8 Å². The van der Waals surface area contributed by atoms with Crippen LogP contribution < -0.4 is 5.32 Å². The number of piperidine rings is 1. The smallest absolute Gasteiger partial charge is 0.255 e. The van der Waals surface area contributed by atoms with Crippen LogP contribution in [0.4, 0.5) is 5.82 Å².